The van der Waals surface area contributed by atoms with Gasteiger partial charge in [-0.15, -0.1) is 0 Å². The van der Waals surface area contributed by atoms with Crippen LogP contribution in [-0.2, 0) is 19.1 Å². The fraction of sp³-hybridized carbons (Fsp3) is 0.625. The standard InChI is InChI=1S/C16H22O4S2/c1-3-19-15(17)13-14(16(18)20-4-2)22-12-10-8-6-5-7-9-11(12)21-13/h3-10H2,1-2H3. The maximum absolute atomic E-state index is 12.2. The first-order valence-corrected chi connectivity index (χ1v) is 9.46. The molecule has 1 aliphatic heterocycles. The number of esters is 2. The van der Waals surface area contributed by atoms with Crippen molar-refractivity contribution >= 4 is 35.5 Å². The third kappa shape index (κ3) is 4.32. The van der Waals surface area contributed by atoms with Gasteiger partial charge in [0.2, 0.25) is 0 Å². The van der Waals surface area contributed by atoms with Crippen LogP contribution in [0.3, 0.4) is 0 Å². The lowest BCUT2D eigenvalue weighted by Gasteiger charge is -2.24. The summed E-state index contributed by atoms with van der Waals surface area (Å²) in [6.07, 6.45) is 6.68. The van der Waals surface area contributed by atoms with Crippen molar-refractivity contribution < 1.29 is 19.1 Å². The van der Waals surface area contributed by atoms with E-state index >= 15 is 0 Å². The molecule has 0 spiro atoms. The lowest BCUT2D eigenvalue weighted by atomic mass is 10.1. The predicted octanol–water partition coefficient (Wildman–Crippen LogP) is 4.37. The number of rotatable bonds is 4. The van der Waals surface area contributed by atoms with Gasteiger partial charge in [-0.05, 0) is 49.3 Å². The number of thioether (sulfide) groups is 2. The highest BCUT2D eigenvalue weighted by atomic mass is 32.2. The van der Waals surface area contributed by atoms with Crippen molar-refractivity contribution in [3.8, 4) is 0 Å². The van der Waals surface area contributed by atoms with Gasteiger partial charge < -0.3 is 9.47 Å². The molecule has 2 rings (SSSR count). The van der Waals surface area contributed by atoms with Crippen molar-refractivity contribution in [2.24, 2.45) is 0 Å². The summed E-state index contributed by atoms with van der Waals surface area (Å²) in [5, 5.41) is 0. The van der Waals surface area contributed by atoms with Gasteiger partial charge >= 0.3 is 11.9 Å². The summed E-state index contributed by atoms with van der Waals surface area (Å²) in [7, 11) is 0. The van der Waals surface area contributed by atoms with Gasteiger partial charge in [0.25, 0.3) is 0 Å². The highest BCUT2D eigenvalue weighted by molar-refractivity contribution is 8.14. The van der Waals surface area contributed by atoms with Gasteiger partial charge in [-0.25, -0.2) is 9.59 Å². The molecule has 1 aliphatic carbocycles. The predicted molar refractivity (Wildman–Crippen MR) is 90.2 cm³/mol. The van der Waals surface area contributed by atoms with Crippen LogP contribution in [0.2, 0.25) is 0 Å². The Morgan fingerprint density at radius 1 is 0.818 bits per heavy atom. The number of allylic oxidation sites excluding steroid dienone is 2. The molecule has 22 heavy (non-hydrogen) atoms. The molecule has 1 heterocycles. The van der Waals surface area contributed by atoms with Crippen molar-refractivity contribution in [2.45, 2.75) is 52.4 Å². The zero-order valence-corrected chi connectivity index (χ0v) is 14.7. The van der Waals surface area contributed by atoms with Gasteiger partial charge in [0.1, 0.15) is 9.81 Å². The van der Waals surface area contributed by atoms with Crippen LogP contribution in [0, 0.1) is 0 Å². The first-order valence-electron chi connectivity index (χ1n) is 7.83. The van der Waals surface area contributed by atoms with Crippen LogP contribution in [0.5, 0.6) is 0 Å². The maximum atomic E-state index is 12.2. The Morgan fingerprint density at radius 3 is 1.59 bits per heavy atom. The van der Waals surface area contributed by atoms with Crippen molar-refractivity contribution in [3.63, 3.8) is 0 Å². The van der Waals surface area contributed by atoms with E-state index in [9.17, 15) is 9.59 Å². The van der Waals surface area contributed by atoms with Crippen molar-refractivity contribution in [1.29, 1.82) is 0 Å². The summed E-state index contributed by atoms with van der Waals surface area (Å²) in [5.41, 5.74) is 0. The van der Waals surface area contributed by atoms with Crippen molar-refractivity contribution in [1.82, 2.24) is 0 Å². The Hall–Kier alpha value is -0.880. The third-order valence-electron chi connectivity index (χ3n) is 3.45. The minimum absolute atomic E-state index is 0.301. The number of hydrogen-bond acceptors (Lipinski definition) is 6. The van der Waals surface area contributed by atoms with Gasteiger partial charge in [0.15, 0.2) is 0 Å². The van der Waals surface area contributed by atoms with Crippen molar-refractivity contribution in [3.05, 3.63) is 19.6 Å². The average Bonchev–Trinajstić information content (AvgIpc) is 2.47. The van der Waals surface area contributed by atoms with E-state index in [0.29, 0.717) is 23.0 Å². The lowest BCUT2D eigenvalue weighted by Crippen LogP contribution is -2.16. The minimum Gasteiger partial charge on any atom is -0.462 e. The molecule has 6 heteroatoms. The van der Waals surface area contributed by atoms with Crippen LogP contribution in [-0.4, -0.2) is 25.2 Å². The van der Waals surface area contributed by atoms with Crippen LogP contribution in [0.4, 0.5) is 0 Å². The molecule has 0 amide bonds. The Labute approximate surface area is 140 Å². The highest BCUT2D eigenvalue weighted by Gasteiger charge is 2.32. The zero-order chi connectivity index (χ0) is 15.9. The second-order valence-electron chi connectivity index (χ2n) is 5.06. The first kappa shape index (κ1) is 17.5. The van der Waals surface area contributed by atoms with Crippen LogP contribution in [0.1, 0.15) is 52.4 Å². The number of ether oxygens (including phenoxy) is 2. The van der Waals surface area contributed by atoms with Crippen molar-refractivity contribution in [2.75, 3.05) is 13.2 Å². The highest BCUT2D eigenvalue weighted by Crippen LogP contribution is 2.49. The van der Waals surface area contributed by atoms with Gasteiger partial charge in [-0.2, -0.15) is 0 Å². The SMILES string of the molecule is CCOC(=O)C1=C(C(=O)OCC)SC2=C(CCCCCC2)S1. The monoisotopic (exact) mass is 342 g/mol. The smallest absolute Gasteiger partial charge is 0.346 e. The molecule has 0 N–H and O–H groups in total. The molecule has 0 radical (unpaired) electrons. The minimum atomic E-state index is -0.420. The van der Waals surface area contributed by atoms with Gasteiger partial charge in [0, 0.05) is 0 Å². The average molecular weight is 342 g/mol. The molecule has 0 aromatic carbocycles. The van der Waals surface area contributed by atoms with Crippen LogP contribution in [0.15, 0.2) is 19.6 Å². The number of carbonyl (C=O) groups is 2. The van der Waals surface area contributed by atoms with E-state index in [4.69, 9.17) is 9.47 Å². The zero-order valence-electron chi connectivity index (χ0n) is 13.1. The molecular weight excluding hydrogens is 320 g/mol. The Bertz CT molecular complexity index is 464. The molecule has 0 atom stereocenters. The largest absolute Gasteiger partial charge is 0.462 e. The fourth-order valence-electron chi connectivity index (χ4n) is 2.42. The van der Waals surface area contributed by atoms with Gasteiger partial charge in [-0.3, -0.25) is 0 Å². The summed E-state index contributed by atoms with van der Waals surface area (Å²) in [6.45, 7) is 4.14. The molecule has 0 saturated heterocycles. The summed E-state index contributed by atoms with van der Waals surface area (Å²) in [5.74, 6) is -0.840. The molecule has 0 fully saturated rings. The van der Waals surface area contributed by atoms with E-state index in [1.165, 1.54) is 46.2 Å². The molecule has 0 aromatic heterocycles. The lowest BCUT2D eigenvalue weighted by molar-refractivity contribution is -0.140. The van der Waals surface area contributed by atoms with E-state index in [-0.39, 0.29) is 0 Å². The Morgan fingerprint density at radius 2 is 1.23 bits per heavy atom. The van der Waals surface area contributed by atoms with E-state index in [0.717, 1.165) is 25.7 Å². The summed E-state index contributed by atoms with van der Waals surface area (Å²) >= 11 is 2.82. The van der Waals surface area contributed by atoms with E-state index < -0.39 is 11.9 Å². The second kappa shape index (κ2) is 8.67. The van der Waals surface area contributed by atoms with Crippen LogP contribution in [0.25, 0.3) is 0 Å². The summed E-state index contributed by atoms with van der Waals surface area (Å²) in [6, 6.07) is 0. The number of hydrogen-bond donors (Lipinski definition) is 0. The first-order chi connectivity index (χ1) is 10.7. The molecular formula is C16H22O4S2. The van der Waals surface area contributed by atoms with E-state index in [2.05, 4.69) is 0 Å². The second-order valence-corrected chi connectivity index (χ2v) is 7.27. The molecule has 0 bridgehead atoms. The molecule has 0 aromatic rings. The van der Waals surface area contributed by atoms with E-state index in [1.807, 2.05) is 0 Å². The quantitative estimate of drug-likeness (QED) is 0.707. The maximum Gasteiger partial charge on any atom is 0.346 e. The van der Waals surface area contributed by atoms with Crippen LogP contribution >= 0.6 is 23.5 Å². The molecule has 4 nitrogen and oxygen atoms in total. The Balaban J connectivity index is 2.27. The summed E-state index contributed by atoms with van der Waals surface area (Å²) in [4.78, 5) is 27.6. The van der Waals surface area contributed by atoms with E-state index in [1.54, 1.807) is 13.8 Å². The van der Waals surface area contributed by atoms with Crippen LogP contribution < -0.4 is 0 Å². The molecule has 122 valence electrons. The molecule has 0 saturated carbocycles. The third-order valence-corrected chi connectivity index (χ3v) is 6.25. The van der Waals surface area contributed by atoms with Gasteiger partial charge in [0.05, 0.1) is 13.2 Å². The Kier molecular flexibility index (Phi) is 6.89. The molecule has 2 aliphatic rings. The van der Waals surface area contributed by atoms with Gasteiger partial charge in [-0.1, -0.05) is 36.4 Å². The number of carbonyl (C=O) groups excluding carboxylic acids is 2. The normalized spacial score (nSPS) is 19.2. The molecule has 0 unspecified atom stereocenters. The fourth-order valence-corrected chi connectivity index (χ4v) is 4.97. The topological polar surface area (TPSA) is 52.6 Å². The summed E-state index contributed by atoms with van der Waals surface area (Å²) < 4.78 is 10.2.